The summed E-state index contributed by atoms with van der Waals surface area (Å²) in [6, 6.07) is 3.33. The highest BCUT2D eigenvalue weighted by Gasteiger charge is 2.24. The van der Waals surface area contributed by atoms with Crippen LogP contribution >= 0.6 is 0 Å². The number of anilines is 2. The quantitative estimate of drug-likeness (QED) is 0.506. The van der Waals surface area contributed by atoms with Crippen LogP contribution in [0.1, 0.15) is 25.8 Å². The average molecular weight is 263 g/mol. The standard InChI is InChI=1S/C14H21N3O2/c1-9-4-10(2)8-16(7-9)13-6-12(15)14(17(18)19)5-11(13)3/h5-6,9-10H,4,7-8,15H2,1-3H3. The van der Waals surface area contributed by atoms with Crippen LogP contribution in [0, 0.1) is 28.9 Å². The highest BCUT2D eigenvalue weighted by atomic mass is 16.6. The van der Waals surface area contributed by atoms with Crippen molar-refractivity contribution < 1.29 is 4.92 Å². The number of benzene rings is 1. The second-order valence-electron chi connectivity index (χ2n) is 5.81. The van der Waals surface area contributed by atoms with Gasteiger partial charge in [-0.2, -0.15) is 0 Å². The van der Waals surface area contributed by atoms with Crippen molar-refractivity contribution in [3.63, 3.8) is 0 Å². The molecule has 1 fully saturated rings. The van der Waals surface area contributed by atoms with Crippen molar-refractivity contribution >= 4 is 17.1 Å². The van der Waals surface area contributed by atoms with Gasteiger partial charge >= 0.3 is 0 Å². The third kappa shape index (κ3) is 2.80. The molecule has 19 heavy (non-hydrogen) atoms. The highest BCUT2D eigenvalue weighted by molar-refractivity contribution is 5.70. The Morgan fingerprint density at radius 3 is 2.42 bits per heavy atom. The van der Waals surface area contributed by atoms with Crippen LogP contribution in [0.4, 0.5) is 17.1 Å². The average Bonchev–Trinajstić information content (AvgIpc) is 2.30. The molecule has 2 unspecified atom stereocenters. The number of nitrogen functional groups attached to an aromatic ring is 1. The second kappa shape index (κ2) is 5.07. The SMILES string of the molecule is Cc1cc([N+](=O)[O-])c(N)cc1N1CC(C)CC(C)C1. The van der Waals surface area contributed by atoms with Crippen LogP contribution in [-0.4, -0.2) is 18.0 Å². The van der Waals surface area contributed by atoms with Crippen LogP contribution in [0.15, 0.2) is 12.1 Å². The van der Waals surface area contributed by atoms with E-state index in [1.807, 2.05) is 6.92 Å². The van der Waals surface area contributed by atoms with Gasteiger partial charge in [0.25, 0.3) is 5.69 Å². The number of aryl methyl sites for hydroxylation is 1. The van der Waals surface area contributed by atoms with Gasteiger partial charge in [-0.15, -0.1) is 0 Å². The maximum Gasteiger partial charge on any atom is 0.292 e. The number of nitrogens with two attached hydrogens (primary N) is 1. The lowest BCUT2D eigenvalue weighted by Gasteiger charge is -2.37. The summed E-state index contributed by atoms with van der Waals surface area (Å²) < 4.78 is 0. The molecule has 0 amide bonds. The first-order chi connectivity index (χ1) is 8.88. The molecule has 0 bridgehead atoms. The summed E-state index contributed by atoms with van der Waals surface area (Å²) in [5.74, 6) is 1.28. The van der Waals surface area contributed by atoms with E-state index in [-0.39, 0.29) is 11.4 Å². The molecule has 2 rings (SSSR count). The van der Waals surface area contributed by atoms with Crippen LogP contribution in [0.2, 0.25) is 0 Å². The van der Waals surface area contributed by atoms with Crippen molar-refractivity contribution in [3.05, 3.63) is 27.8 Å². The molecule has 0 aliphatic carbocycles. The lowest BCUT2D eigenvalue weighted by molar-refractivity contribution is -0.383. The Morgan fingerprint density at radius 1 is 1.32 bits per heavy atom. The predicted octanol–water partition coefficient (Wildman–Crippen LogP) is 2.97. The van der Waals surface area contributed by atoms with Crippen molar-refractivity contribution in [2.45, 2.75) is 27.2 Å². The zero-order valence-electron chi connectivity index (χ0n) is 11.7. The van der Waals surface area contributed by atoms with E-state index in [4.69, 9.17) is 5.73 Å². The van der Waals surface area contributed by atoms with E-state index in [1.165, 1.54) is 6.42 Å². The van der Waals surface area contributed by atoms with E-state index in [0.29, 0.717) is 11.8 Å². The molecule has 1 aliphatic heterocycles. The molecule has 1 saturated heterocycles. The fourth-order valence-electron chi connectivity index (χ4n) is 3.06. The Labute approximate surface area is 113 Å². The van der Waals surface area contributed by atoms with Gasteiger partial charge in [-0.1, -0.05) is 13.8 Å². The van der Waals surface area contributed by atoms with Crippen LogP contribution in [0.5, 0.6) is 0 Å². The lowest BCUT2D eigenvalue weighted by Crippen LogP contribution is -2.39. The fourth-order valence-corrected chi connectivity index (χ4v) is 3.06. The van der Waals surface area contributed by atoms with E-state index in [1.54, 1.807) is 12.1 Å². The first-order valence-corrected chi connectivity index (χ1v) is 6.68. The molecule has 5 nitrogen and oxygen atoms in total. The van der Waals surface area contributed by atoms with Crippen molar-refractivity contribution in [2.24, 2.45) is 11.8 Å². The minimum absolute atomic E-state index is 0.000596. The maximum atomic E-state index is 10.9. The smallest absolute Gasteiger partial charge is 0.292 e. The molecule has 1 heterocycles. The van der Waals surface area contributed by atoms with Gasteiger partial charge in [0.15, 0.2) is 0 Å². The van der Waals surface area contributed by atoms with Gasteiger partial charge in [0.05, 0.1) is 4.92 Å². The Kier molecular flexibility index (Phi) is 3.64. The molecule has 2 atom stereocenters. The first-order valence-electron chi connectivity index (χ1n) is 6.68. The minimum Gasteiger partial charge on any atom is -0.393 e. The number of hydrogen-bond acceptors (Lipinski definition) is 4. The Balaban J connectivity index is 2.35. The van der Waals surface area contributed by atoms with E-state index in [9.17, 15) is 10.1 Å². The second-order valence-corrected chi connectivity index (χ2v) is 5.81. The molecule has 0 saturated carbocycles. The van der Waals surface area contributed by atoms with Crippen molar-refractivity contribution in [2.75, 3.05) is 23.7 Å². The number of nitro groups is 1. The fraction of sp³-hybridized carbons (Fsp3) is 0.571. The maximum absolute atomic E-state index is 10.9. The number of piperidine rings is 1. The number of rotatable bonds is 2. The van der Waals surface area contributed by atoms with E-state index >= 15 is 0 Å². The van der Waals surface area contributed by atoms with Gasteiger partial charge < -0.3 is 10.6 Å². The number of nitro benzene ring substituents is 1. The van der Waals surface area contributed by atoms with Gasteiger partial charge in [-0.3, -0.25) is 10.1 Å². The van der Waals surface area contributed by atoms with E-state index < -0.39 is 4.92 Å². The molecule has 0 aromatic heterocycles. The van der Waals surface area contributed by atoms with E-state index in [2.05, 4.69) is 18.7 Å². The van der Waals surface area contributed by atoms with Gasteiger partial charge in [0, 0.05) is 24.8 Å². The molecule has 104 valence electrons. The van der Waals surface area contributed by atoms with Crippen molar-refractivity contribution in [1.29, 1.82) is 0 Å². The molecule has 0 spiro atoms. The molecule has 2 N–H and O–H groups in total. The Bertz CT molecular complexity index is 492. The van der Waals surface area contributed by atoms with Crippen molar-refractivity contribution in [1.82, 2.24) is 0 Å². The largest absolute Gasteiger partial charge is 0.393 e. The summed E-state index contributed by atoms with van der Waals surface area (Å²) in [5, 5.41) is 10.9. The zero-order chi connectivity index (χ0) is 14.2. The summed E-state index contributed by atoms with van der Waals surface area (Å²) in [6.45, 7) is 8.37. The van der Waals surface area contributed by atoms with Crippen LogP contribution < -0.4 is 10.6 Å². The molecular weight excluding hydrogens is 242 g/mol. The molecular formula is C14H21N3O2. The number of nitrogens with zero attached hydrogens (tertiary/aromatic N) is 2. The monoisotopic (exact) mass is 263 g/mol. The predicted molar refractivity (Wildman–Crippen MR) is 77.4 cm³/mol. The van der Waals surface area contributed by atoms with Gasteiger partial charge in [0.1, 0.15) is 5.69 Å². The Morgan fingerprint density at radius 2 is 1.89 bits per heavy atom. The summed E-state index contributed by atoms with van der Waals surface area (Å²) in [6.07, 6.45) is 1.23. The molecule has 5 heteroatoms. The normalized spacial score (nSPS) is 23.4. The Hall–Kier alpha value is -1.78. The van der Waals surface area contributed by atoms with E-state index in [0.717, 1.165) is 24.3 Å². The topological polar surface area (TPSA) is 72.4 Å². The first kappa shape index (κ1) is 13.6. The molecule has 1 aromatic carbocycles. The van der Waals surface area contributed by atoms with Gasteiger partial charge in [-0.25, -0.2) is 0 Å². The molecule has 1 aliphatic rings. The zero-order valence-corrected chi connectivity index (χ0v) is 11.7. The van der Waals surface area contributed by atoms with Crippen molar-refractivity contribution in [3.8, 4) is 0 Å². The third-order valence-electron chi connectivity index (χ3n) is 3.75. The summed E-state index contributed by atoms with van der Waals surface area (Å²) in [5.41, 5.74) is 7.99. The molecule has 1 aromatic rings. The number of hydrogen-bond donors (Lipinski definition) is 1. The lowest BCUT2D eigenvalue weighted by atomic mass is 9.91. The minimum atomic E-state index is -0.423. The highest BCUT2D eigenvalue weighted by Crippen LogP contribution is 2.34. The summed E-state index contributed by atoms with van der Waals surface area (Å²) >= 11 is 0. The van der Waals surface area contributed by atoms with Gasteiger partial charge in [-0.05, 0) is 36.8 Å². The molecule has 0 radical (unpaired) electrons. The summed E-state index contributed by atoms with van der Waals surface area (Å²) in [4.78, 5) is 12.8. The van der Waals surface area contributed by atoms with Crippen LogP contribution in [-0.2, 0) is 0 Å². The third-order valence-corrected chi connectivity index (χ3v) is 3.75. The van der Waals surface area contributed by atoms with Crippen LogP contribution in [0.3, 0.4) is 0 Å². The van der Waals surface area contributed by atoms with Crippen LogP contribution in [0.25, 0.3) is 0 Å². The summed E-state index contributed by atoms with van der Waals surface area (Å²) in [7, 11) is 0. The van der Waals surface area contributed by atoms with Gasteiger partial charge in [0.2, 0.25) is 0 Å².